The summed E-state index contributed by atoms with van der Waals surface area (Å²) in [4.78, 5) is 23.9. The van der Waals surface area contributed by atoms with Gasteiger partial charge in [-0.2, -0.15) is 0 Å². The first-order valence-electron chi connectivity index (χ1n) is 5.43. The van der Waals surface area contributed by atoms with E-state index in [4.69, 9.17) is 0 Å². The minimum absolute atomic E-state index is 0.0951. The van der Waals surface area contributed by atoms with E-state index in [-0.39, 0.29) is 23.6 Å². The molecule has 1 saturated heterocycles. The van der Waals surface area contributed by atoms with Crippen molar-refractivity contribution in [3.05, 3.63) is 29.3 Å². The quantitative estimate of drug-likeness (QED) is 0.812. The van der Waals surface area contributed by atoms with Gasteiger partial charge in [-0.15, -0.1) is 0 Å². The molecule has 2 rings (SSSR count). The van der Waals surface area contributed by atoms with E-state index < -0.39 is 23.6 Å². The molecule has 0 bridgehead atoms. The van der Waals surface area contributed by atoms with Gasteiger partial charge in [0.2, 0.25) is 5.91 Å². The Morgan fingerprint density at radius 3 is 2.56 bits per heavy atom. The number of anilines is 1. The van der Waals surface area contributed by atoms with Crippen molar-refractivity contribution in [3.63, 3.8) is 0 Å². The van der Waals surface area contributed by atoms with Gasteiger partial charge in [-0.05, 0) is 18.6 Å². The highest BCUT2D eigenvalue weighted by molar-refractivity contribution is 6.06. The smallest absolute Gasteiger partial charge is 0.251 e. The molecule has 18 heavy (non-hydrogen) atoms. The van der Waals surface area contributed by atoms with Crippen LogP contribution in [-0.2, 0) is 9.59 Å². The summed E-state index contributed by atoms with van der Waals surface area (Å²) in [6, 6.07) is 1.52. The number of halogens is 2. The Balaban J connectivity index is 2.28. The lowest BCUT2D eigenvalue weighted by atomic mass is 10.1. The number of nitrogens with one attached hydrogen (secondary N) is 1. The lowest BCUT2D eigenvalue weighted by molar-refractivity contribution is -0.136. The van der Waals surface area contributed by atoms with Crippen molar-refractivity contribution in [2.45, 2.75) is 19.4 Å². The van der Waals surface area contributed by atoms with Crippen LogP contribution in [-0.4, -0.2) is 29.8 Å². The van der Waals surface area contributed by atoms with E-state index in [0.717, 1.165) is 11.0 Å². The molecule has 1 heterocycles. The zero-order valence-corrected chi connectivity index (χ0v) is 9.96. The van der Waals surface area contributed by atoms with Crippen LogP contribution < -0.4 is 5.32 Å². The molecule has 0 saturated carbocycles. The van der Waals surface area contributed by atoms with Gasteiger partial charge in [0.05, 0.1) is 6.42 Å². The van der Waals surface area contributed by atoms with Gasteiger partial charge in [-0.25, -0.2) is 8.78 Å². The maximum Gasteiger partial charge on any atom is 0.251 e. The van der Waals surface area contributed by atoms with E-state index in [1.54, 1.807) is 0 Å². The molecule has 1 aromatic carbocycles. The minimum Gasteiger partial charge on any atom is -0.368 e. The van der Waals surface area contributed by atoms with Crippen LogP contribution in [0.3, 0.4) is 0 Å². The van der Waals surface area contributed by atoms with Crippen LogP contribution in [0, 0.1) is 18.6 Å². The predicted molar refractivity (Wildman–Crippen MR) is 60.9 cm³/mol. The lowest BCUT2D eigenvalue weighted by Gasteiger charge is -2.14. The zero-order valence-electron chi connectivity index (χ0n) is 9.96. The van der Waals surface area contributed by atoms with Crippen molar-refractivity contribution in [1.29, 1.82) is 0 Å². The molecule has 0 radical (unpaired) electrons. The first-order chi connectivity index (χ1) is 8.41. The van der Waals surface area contributed by atoms with Crippen LogP contribution in [0.1, 0.15) is 12.0 Å². The number of likely N-dealkylation sites (N-methyl/N-ethyl adjacent to an activating group) is 1. The molecule has 1 fully saturated rings. The molecule has 1 aliphatic rings. The minimum atomic E-state index is -0.909. The molecule has 1 aliphatic heterocycles. The number of hydrogen-bond acceptors (Lipinski definition) is 3. The number of benzene rings is 1. The third-order valence-corrected chi connectivity index (χ3v) is 2.98. The molecule has 1 N–H and O–H groups in total. The molecule has 2 amide bonds. The van der Waals surface area contributed by atoms with E-state index in [0.29, 0.717) is 0 Å². The van der Waals surface area contributed by atoms with E-state index in [1.807, 2.05) is 0 Å². The highest BCUT2D eigenvalue weighted by atomic mass is 19.1. The van der Waals surface area contributed by atoms with Gasteiger partial charge >= 0.3 is 0 Å². The van der Waals surface area contributed by atoms with Gasteiger partial charge < -0.3 is 5.32 Å². The number of likely N-dealkylation sites (tertiary alicyclic amines) is 1. The Bertz CT molecular complexity index is 531. The molecule has 0 aromatic heterocycles. The first kappa shape index (κ1) is 12.5. The summed E-state index contributed by atoms with van der Waals surface area (Å²) < 4.78 is 27.2. The molecule has 4 nitrogen and oxygen atoms in total. The van der Waals surface area contributed by atoms with Crippen molar-refractivity contribution in [3.8, 4) is 0 Å². The number of aryl methyl sites for hydroxylation is 1. The molecule has 6 heteroatoms. The average molecular weight is 254 g/mol. The fourth-order valence-electron chi connectivity index (χ4n) is 1.83. The van der Waals surface area contributed by atoms with Crippen LogP contribution in [0.5, 0.6) is 0 Å². The zero-order chi connectivity index (χ0) is 13.4. The number of hydrogen-bond donors (Lipinski definition) is 1. The number of nitrogens with zero attached hydrogens (tertiary/aromatic N) is 1. The summed E-state index contributed by atoms with van der Waals surface area (Å²) in [6.07, 6.45) is -0.0951. The summed E-state index contributed by atoms with van der Waals surface area (Å²) >= 11 is 0. The molecule has 1 atom stereocenters. The third-order valence-electron chi connectivity index (χ3n) is 2.98. The molecule has 1 aromatic rings. The van der Waals surface area contributed by atoms with Gasteiger partial charge in [0, 0.05) is 7.05 Å². The van der Waals surface area contributed by atoms with Crippen molar-refractivity contribution in [2.24, 2.45) is 0 Å². The largest absolute Gasteiger partial charge is 0.368 e. The second-order valence-electron chi connectivity index (χ2n) is 4.25. The maximum atomic E-state index is 13.7. The topological polar surface area (TPSA) is 49.4 Å². The summed E-state index contributed by atoms with van der Waals surface area (Å²) in [5.74, 6) is -2.39. The summed E-state index contributed by atoms with van der Waals surface area (Å²) in [7, 11) is 1.34. The summed E-state index contributed by atoms with van der Waals surface area (Å²) in [5.41, 5.74) is -0.0968. The second-order valence-corrected chi connectivity index (χ2v) is 4.25. The third kappa shape index (κ3) is 1.94. The average Bonchev–Trinajstić information content (AvgIpc) is 2.57. The normalized spacial score (nSPS) is 19.6. The monoisotopic (exact) mass is 254 g/mol. The number of carbonyl (C=O) groups excluding carboxylic acids is 2. The molecular formula is C12H12F2N2O2. The maximum absolute atomic E-state index is 13.7. The Kier molecular flexibility index (Phi) is 3.02. The fourth-order valence-corrected chi connectivity index (χ4v) is 1.83. The summed E-state index contributed by atoms with van der Waals surface area (Å²) in [5, 5.41) is 2.47. The number of carbonyl (C=O) groups is 2. The van der Waals surface area contributed by atoms with Crippen molar-refractivity contribution in [2.75, 3.05) is 12.4 Å². The molecule has 0 spiro atoms. The highest BCUT2D eigenvalue weighted by Crippen LogP contribution is 2.24. The Labute approximate surface area is 103 Å². The van der Waals surface area contributed by atoms with Gasteiger partial charge in [0.1, 0.15) is 17.5 Å². The van der Waals surface area contributed by atoms with Crippen LogP contribution >= 0.6 is 0 Å². The van der Waals surface area contributed by atoms with Crippen molar-refractivity contribution < 1.29 is 18.4 Å². The Morgan fingerprint density at radius 2 is 2.00 bits per heavy atom. The number of imide groups is 1. The molecular weight excluding hydrogens is 242 g/mol. The predicted octanol–water partition coefficient (Wildman–Crippen LogP) is 1.44. The van der Waals surface area contributed by atoms with E-state index >= 15 is 0 Å². The van der Waals surface area contributed by atoms with E-state index in [2.05, 4.69) is 5.32 Å². The molecule has 96 valence electrons. The number of rotatable bonds is 2. The molecule has 0 aliphatic carbocycles. The van der Waals surface area contributed by atoms with Gasteiger partial charge in [-0.1, -0.05) is 6.07 Å². The van der Waals surface area contributed by atoms with Crippen molar-refractivity contribution in [1.82, 2.24) is 4.90 Å². The SMILES string of the molecule is Cc1ccc(F)c(NC2CC(=O)N(C)C2=O)c1F. The van der Waals surface area contributed by atoms with Crippen LogP contribution in [0.2, 0.25) is 0 Å². The fraction of sp³-hybridized carbons (Fsp3) is 0.333. The Hall–Kier alpha value is -1.98. The van der Waals surface area contributed by atoms with Crippen LogP contribution in [0.25, 0.3) is 0 Å². The Morgan fingerprint density at radius 1 is 1.33 bits per heavy atom. The van der Waals surface area contributed by atoms with Gasteiger partial charge in [-0.3, -0.25) is 14.5 Å². The second kappa shape index (κ2) is 4.36. The standard InChI is InChI=1S/C12H12F2N2O2/c1-6-3-4-7(13)11(10(6)14)15-8-5-9(17)16(2)12(8)18/h3-4,8,15H,5H2,1-2H3. The number of amides is 2. The van der Waals surface area contributed by atoms with Gasteiger partial charge in [0.15, 0.2) is 5.82 Å². The first-order valence-corrected chi connectivity index (χ1v) is 5.43. The highest BCUT2D eigenvalue weighted by Gasteiger charge is 2.36. The van der Waals surface area contributed by atoms with Crippen LogP contribution in [0.4, 0.5) is 14.5 Å². The van der Waals surface area contributed by atoms with E-state index in [1.165, 1.54) is 20.0 Å². The van der Waals surface area contributed by atoms with E-state index in [9.17, 15) is 18.4 Å². The van der Waals surface area contributed by atoms with Crippen molar-refractivity contribution >= 4 is 17.5 Å². The van der Waals surface area contributed by atoms with Crippen LogP contribution in [0.15, 0.2) is 12.1 Å². The summed E-state index contributed by atoms with van der Waals surface area (Å²) in [6.45, 7) is 1.49. The van der Waals surface area contributed by atoms with Gasteiger partial charge in [0.25, 0.3) is 5.91 Å². The molecule has 1 unspecified atom stereocenters. The lowest BCUT2D eigenvalue weighted by Crippen LogP contribution is -2.32.